The number of fused-ring (bicyclic) bond motifs is 5. The third-order valence-corrected chi connectivity index (χ3v) is 8.63. The number of nitrogens with zero attached hydrogens (tertiary/aromatic N) is 1. The highest BCUT2D eigenvalue weighted by Crippen LogP contribution is 2.61. The number of anilines is 1. The van der Waals surface area contributed by atoms with Gasteiger partial charge in [-0.2, -0.15) is 0 Å². The van der Waals surface area contributed by atoms with E-state index in [0.717, 1.165) is 17.3 Å². The molecule has 1 heterocycles. The smallest absolute Gasteiger partial charge is 0.338 e. The number of esters is 1. The largest absolute Gasteiger partial charge is 0.454 e. The summed E-state index contributed by atoms with van der Waals surface area (Å²) in [5.41, 5.74) is 2.40. The predicted molar refractivity (Wildman–Crippen MR) is 140 cm³/mol. The minimum Gasteiger partial charge on any atom is -0.454 e. The summed E-state index contributed by atoms with van der Waals surface area (Å²) in [4.78, 5) is 52.9. The predicted octanol–water partition coefficient (Wildman–Crippen LogP) is 5.42. The number of carbonyl (C=O) groups is 4. The molecule has 37 heavy (non-hydrogen) atoms. The van der Waals surface area contributed by atoms with Gasteiger partial charge in [-0.15, -0.1) is 0 Å². The number of rotatable bonds is 6. The molecule has 0 aromatic heterocycles. The molecule has 0 N–H and O–H groups in total. The zero-order chi connectivity index (χ0) is 25.7. The highest BCUT2D eigenvalue weighted by Gasteiger charge is 2.64. The lowest BCUT2D eigenvalue weighted by atomic mass is 9.73. The highest BCUT2D eigenvalue weighted by atomic mass is 79.9. The van der Waals surface area contributed by atoms with Crippen molar-refractivity contribution in [1.82, 2.24) is 0 Å². The minimum absolute atomic E-state index is 0.135. The number of hydrogen-bond donors (Lipinski definition) is 0. The van der Waals surface area contributed by atoms with Crippen molar-refractivity contribution < 1.29 is 23.9 Å². The van der Waals surface area contributed by atoms with E-state index in [2.05, 4.69) is 28.1 Å². The van der Waals surface area contributed by atoms with Crippen LogP contribution in [0.1, 0.15) is 45.0 Å². The van der Waals surface area contributed by atoms with Gasteiger partial charge in [0.1, 0.15) is 0 Å². The summed E-state index contributed by atoms with van der Waals surface area (Å²) >= 11 is 3.32. The molecule has 3 aromatic carbocycles. The Kier molecular flexibility index (Phi) is 6.03. The fraction of sp³-hybridized carbons (Fsp3) is 0.267. The first-order valence-corrected chi connectivity index (χ1v) is 13.2. The standard InChI is InChI=1S/C30H24BrNO5/c31-21-10-6-18(7-11-21)25(33)16-37-30(36)19-8-12-22(13-9-19)32-28(34)26-20-14-23(17-4-2-1-3-5-17)24(15-20)27(26)29(32)35/h1-13,20,23-24,26-27H,14-16H2/t20-,23-,24+,26-,27-/m1/s1. The fourth-order valence-corrected chi connectivity index (χ4v) is 6.74. The molecule has 2 saturated carbocycles. The number of hydrogen-bond acceptors (Lipinski definition) is 5. The van der Waals surface area contributed by atoms with Crippen LogP contribution in [0.25, 0.3) is 0 Å². The first kappa shape index (κ1) is 23.8. The van der Waals surface area contributed by atoms with Crippen LogP contribution in [0.4, 0.5) is 5.69 Å². The molecule has 2 bridgehead atoms. The molecule has 186 valence electrons. The molecular weight excluding hydrogens is 534 g/mol. The number of benzene rings is 3. The third-order valence-electron chi connectivity index (χ3n) is 8.11. The van der Waals surface area contributed by atoms with E-state index >= 15 is 0 Å². The molecule has 3 fully saturated rings. The Balaban J connectivity index is 1.13. The van der Waals surface area contributed by atoms with Gasteiger partial charge in [0.25, 0.3) is 0 Å². The van der Waals surface area contributed by atoms with Crippen LogP contribution in [0.5, 0.6) is 0 Å². The Morgan fingerprint density at radius 1 is 0.811 bits per heavy atom. The summed E-state index contributed by atoms with van der Waals surface area (Å²) in [6.07, 6.45) is 1.86. The monoisotopic (exact) mass is 557 g/mol. The van der Waals surface area contributed by atoms with E-state index in [0.29, 0.717) is 17.2 Å². The second kappa shape index (κ2) is 9.38. The van der Waals surface area contributed by atoms with Crippen LogP contribution >= 0.6 is 15.9 Å². The second-order valence-electron chi connectivity index (χ2n) is 10.0. The van der Waals surface area contributed by atoms with Crippen LogP contribution < -0.4 is 4.90 Å². The number of imide groups is 1. The van der Waals surface area contributed by atoms with E-state index in [1.165, 1.54) is 22.6 Å². The summed E-state index contributed by atoms with van der Waals surface area (Å²) < 4.78 is 6.04. The first-order valence-electron chi connectivity index (χ1n) is 12.4. The van der Waals surface area contributed by atoms with Gasteiger partial charge in [0.2, 0.25) is 11.8 Å². The van der Waals surface area contributed by atoms with Crippen molar-refractivity contribution in [2.75, 3.05) is 11.5 Å². The number of ketones is 1. The Morgan fingerprint density at radius 3 is 2.16 bits per heavy atom. The van der Waals surface area contributed by atoms with E-state index in [9.17, 15) is 19.2 Å². The average molecular weight is 558 g/mol. The Labute approximate surface area is 222 Å². The summed E-state index contributed by atoms with van der Waals surface area (Å²) in [7, 11) is 0. The fourth-order valence-electron chi connectivity index (χ4n) is 6.48. The SMILES string of the molecule is O=C(COC(=O)c1ccc(N2C(=O)[C@@H]3[C@H]4C[C@H]([C@H]3C2=O)[C@@H](c2ccccc2)C4)cc1)c1ccc(Br)cc1. The molecule has 2 aliphatic carbocycles. The average Bonchev–Trinajstić information content (AvgIpc) is 3.59. The third kappa shape index (κ3) is 4.11. The zero-order valence-corrected chi connectivity index (χ0v) is 21.5. The lowest BCUT2D eigenvalue weighted by molar-refractivity contribution is -0.123. The molecule has 5 atom stereocenters. The number of carbonyl (C=O) groups excluding carboxylic acids is 4. The Hall–Kier alpha value is -3.58. The molecule has 6 nitrogen and oxygen atoms in total. The zero-order valence-electron chi connectivity index (χ0n) is 19.9. The number of Topliss-reactive ketones (excluding diaryl/α,β-unsaturated/α-hetero) is 1. The van der Waals surface area contributed by atoms with Gasteiger partial charge < -0.3 is 4.74 Å². The molecule has 0 unspecified atom stereocenters. The van der Waals surface area contributed by atoms with Gasteiger partial charge in [-0.3, -0.25) is 19.3 Å². The molecule has 7 heteroatoms. The molecule has 6 rings (SSSR count). The van der Waals surface area contributed by atoms with Crippen LogP contribution in [0.2, 0.25) is 0 Å². The van der Waals surface area contributed by atoms with Crippen molar-refractivity contribution in [1.29, 1.82) is 0 Å². The first-order chi connectivity index (χ1) is 17.9. The van der Waals surface area contributed by atoms with Gasteiger partial charge in [0.15, 0.2) is 12.4 Å². The normalized spacial score (nSPS) is 25.9. The van der Waals surface area contributed by atoms with Crippen molar-refractivity contribution in [3.05, 3.63) is 100 Å². The summed E-state index contributed by atoms with van der Waals surface area (Å²) in [5.74, 6) is -1.06. The molecule has 3 aromatic rings. The van der Waals surface area contributed by atoms with Crippen LogP contribution in [-0.2, 0) is 14.3 Å². The van der Waals surface area contributed by atoms with Crippen LogP contribution in [0.15, 0.2) is 83.3 Å². The van der Waals surface area contributed by atoms with Crippen LogP contribution in [-0.4, -0.2) is 30.2 Å². The Bertz CT molecular complexity index is 1390. The molecule has 0 radical (unpaired) electrons. The highest BCUT2D eigenvalue weighted by molar-refractivity contribution is 9.10. The van der Waals surface area contributed by atoms with Gasteiger partial charge >= 0.3 is 5.97 Å². The molecule has 1 aliphatic heterocycles. The quantitative estimate of drug-likeness (QED) is 0.230. The Morgan fingerprint density at radius 2 is 1.46 bits per heavy atom. The molecule has 2 amide bonds. The molecular formula is C30H24BrNO5. The topological polar surface area (TPSA) is 80.8 Å². The maximum absolute atomic E-state index is 13.5. The number of ether oxygens (including phenoxy) is 1. The maximum atomic E-state index is 13.5. The van der Waals surface area contributed by atoms with Gasteiger partial charge in [-0.1, -0.05) is 58.4 Å². The van der Waals surface area contributed by atoms with E-state index in [1.54, 1.807) is 36.4 Å². The molecule has 1 saturated heterocycles. The summed E-state index contributed by atoms with van der Waals surface area (Å²) in [6, 6.07) is 23.3. The van der Waals surface area contributed by atoms with Crippen molar-refractivity contribution in [3.63, 3.8) is 0 Å². The van der Waals surface area contributed by atoms with E-state index < -0.39 is 5.97 Å². The number of amides is 2. The van der Waals surface area contributed by atoms with Crippen molar-refractivity contribution in [3.8, 4) is 0 Å². The van der Waals surface area contributed by atoms with Crippen molar-refractivity contribution in [2.45, 2.75) is 18.8 Å². The summed E-state index contributed by atoms with van der Waals surface area (Å²) in [5, 5.41) is 0. The lowest BCUT2D eigenvalue weighted by Crippen LogP contribution is -2.33. The van der Waals surface area contributed by atoms with Gasteiger partial charge in [0.05, 0.1) is 23.1 Å². The number of halogens is 1. The summed E-state index contributed by atoms with van der Waals surface area (Å²) in [6.45, 7) is -0.375. The lowest BCUT2D eigenvalue weighted by Gasteiger charge is -2.28. The van der Waals surface area contributed by atoms with Gasteiger partial charge in [-0.05, 0) is 72.6 Å². The van der Waals surface area contributed by atoms with Crippen molar-refractivity contribution >= 4 is 45.2 Å². The minimum atomic E-state index is -0.642. The van der Waals surface area contributed by atoms with Crippen molar-refractivity contribution in [2.24, 2.45) is 23.7 Å². The maximum Gasteiger partial charge on any atom is 0.338 e. The van der Waals surface area contributed by atoms with E-state index in [1.807, 2.05) is 18.2 Å². The van der Waals surface area contributed by atoms with E-state index in [4.69, 9.17) is 4.74 Å². The van der Waals surface area contributed by atoms with Crippen LogP contribution in [0.3, 0.4) is 0 Å². The van der Waals surface area contributed by atoms with Crippen LogP contribution in [0, 0.1) is 23.7 Å². The second-order valence-corrected chi connectivity index (χ2v) is 10.9. The van der Waals surface area contributed by atoms with E-state index in [-0.39, 0.29) is 53.4 Å². The molecule has 3 aliphatic rings. The van der Waals surface area contributed by atoms with Gasteiger partial charge in [0, 0.05) is 10.0 Å². The van der Waals surface area contributed by atoms with Gasteiger partial charge in [-0.25, -0.2) is 4.79 Å². The molecule has 0 spiro atoms.